The second kappa shape index (κ2) is 25.1. The molecule has 0 aromatic rings. The van der Waals surface area contributed by atoms with Gasteiger partial charge < -0.3 is 44.6 Å². The van der Waals surface area contributed by atoms with E-state index in [1.165, 1.54) is 4.90 Å². The molecule has 0 aromatic carbocycles. The van der Waals surface area contributed by atoms with E-state index in [9.17, 15) is 49.5 Å². The smallest absolute Gasteiger partial charge is 0.329 e. The van der Waals surface area contributed by atoms with Gasteiger partial charge in [-0.1, -0.05) is 71.1 Å². The highest BCUT2D eigenvalue weighted by atomic mass is 16.6. The zero-order valence-electron chi connectivity index (χ0n) is 40.1. The number of methoxy groups -OCH3 is 1. The summed E-state index contributed by atoms with van der Waals surface area (Å²) in [7, 11) is 1.57. The molecule has 0 aromatic heterocycles. The first kappa shape index (κ1) is 54.2. The average molecular weight is 914 g/mol. The first-order valence-corrected chi connectivity index (χ1v) is 24.1. The molecule has 2 unspecified atom stereocenters. The predicted molar refractivity (Wildman–Crippen MR) is 245 cm³/mol. The van der Waals surface area contributed by atoms with E-state index in [1.807, 2.05) is 51.2 Å². The number of fused-ring (bicyclic) bond motifs is 3. The molecule has 0 radical (unpaired) electrons. The number of cyclic esters (lactones) is 1. The molecular weight excluding hydrogens is 835 g/mol. The predicted octanol–water partition coefficient (Wildman–Crippen LogP) is 5.37. The van der Waals surface area contributed by atoms with Crippen LogP contribution in [0.25, 0.3) is 0 Å². The lowest BCUT2D eigenvalue weighted by atomic mass is 9.75. The van der Waals surface area contributed by atoms with Crippen LogP contribution in [0.1, 0.15) is 126 Å². The maximum absolute atomic E-state index is 14.3. The molecule has 65 heavy (non-hydrogen) atoms. The third kappa shape index (κ3) is 14.3. The maximum atomic E-state index is 14.3. The largest absolute Gasteiger partial charge is 0.460 e. The van der Waals surface area contributed by atoms with Gasteiger partial charge in [-0.3, -0.25) is 19.2 Å². The standard InChI is InChI=1S/C51H79NO13/c1-30-14-10-9-11-15-31(2)44(63-8)26-39-19-17-36(7)51(62,65-39)48(59)49(60)52-21-13-12-16-41(52)50(61)64-45(33(4)24-37-18-20-42(55)38(25-37)28-53)27-43(56)32(3)23-35(6)47(58)40(29-54)46(57)34(5)22-30/h9-11,14-15,23,30,32-34,36-42,44-45,47,53-55,58,62H,12-13,16-22,24-29H2,1-8H3/b11-9?,14-10+,31-15?,35-23+/t30-,32-,33-,34+,36-,37?,38+,39+,40+,41+,42-,44-,45?,47-,51-/m1/s1. The van der Waals surface area contributed by atoms with Crippen LogP contribution in [0.4, 0.5) is 0 Å². The normalized spacial score (nSPS) is 39.1. The van der Waals surface area contributed by atoms with Crippen molar-refractivity contribution in [3.05, 3.63) is 47.6 Å². The molecule has 1 amide bonds. The molecule has 3 heterocycles. The van der Waals surface area contributed by atoms with Gasteiger partial charge in [-0.15, -0.1) is 0 Å². The zero-order chi connectivity index (χ0) is 48.2. The fourth-order valence-electron chi connectivity index (χ4n) is 10.3. The fraction of sp³-hybridized carbons (Fsp3) is 0.745. The van der Waals surface area contributed by atoms with Crippen molar-refractivity contribution in [1.82, 2.24) is 4.90 Å². The third-order valence-electron chi connectivity index (χ3n) is 14.7. The Hall–Kier alpha value is -3.37. The van der Waals surface area contributed by atoms with Crippen LogP contribution in [0.3, 0.4) is 0 Å². The van der Waals surface area contributed by atoms with E-state index in [2.05, 4.69) is 0 Å². The highest BCUT2D eigenvalue weighted by Gasteiger charge is 2.53. The van der Waals surface area contributed by atoms with Gasteiger partial charge in [0.25, 0.3) is 11.7 Å². The Morgan fingerprint density at radius 1 is 0.877 bits per heavy atom. The van der Waals surface area contributed by atoms with Crippen LogP contribution >= 0.6 is 0 Å². The van der Waals surface area contributed by atoms with E-state index < -0.39 is 90.3 Å². The van der Waals surface area contributed by atoms with Crippen molar-refractivity contribution in [2.75, 3.05) is 26.9 Å². The number of amides is 1. The number of nitrogens with zero attached hydrogens (tertiary/aromatic N) is 1. The van der Waals surface area contributed by atoms with E-state index in [0.29, 0.717) is 69.8 Å². The van der Waals surface area contributed by atoms with Gasteiger partial charge in [0, 0.05) is 56.8 Å². The number of hydrogen-bond donors (Lipinski definition) is 5. The van der Waals surface area contributed by atoms with Crippen molar-refractivity contribution in [1.29, 1.82) is 0 Å². The number of ketones is 3. The molecule has 4 rings (SSSR count). The van der Waals surface area contributed by atoms with E-state index in [1.54, 1.807) is 40.9 Å². The molecule has 14 nitrogen and oxygen atoms in total. The first-order chi connectivity index (χ1) is 30.7. The number of rotatable bonds is 6. The summed E-state index contributed by atoms with van der Waals surface area (Å²) in [5.41, 5.74) is 1.21. The van der Waals surface area contributed by atoms with Crippen molar-refractivity contribution in [2.45, 2.75) is 168 Å². The quantitative estimate of drug-likeness (QED) is 0.129. The van der Waals surface area contributed by atoms with Crippen molar-refractivity contribution in [3.63, 3.8) is 0 Å². The number of aliphatic hydroxyl groups is 5. The molecule has 14 heteroatoms. The van der Waals surface area contributed by atoms with Crippen molar-refractivity contribution in [2.24, 2.45) is 47.3 Å². The number of ether oxygens (including phenoxy) is 3. The summed E-state index contributed by atoms with van der Waals surface area (Å²) in [5.74, 6) is -9.71. The summed E-state index contributed by atoms with van der Waals surface area (Å²) in [6.07, 6.45) is 12.1. The average Bonchev–Trinajstić information content (AvgIpc) is 3.28. The molecule has 5 N–H and O–H groups in total. The van der Waals surface area contributed by atoms with E-state index in [0.717, 1.165) is 5.57 Å². The van der Waals surface area contributed by atoms with Crippen molar-refractivity contribution < 1.29 is 63.7 Å². The topological polar surface area (TPSA) is 217 Å². The highest BCUT2D eigenvalue weighted by Crippen LogP contribution is 2.38. The summed E-state index contributed by atoms with van der Waals surface area (Å²) in [6, 6.07) is -1.16. The molecule has 15 atom stereocenters. The maximum Gasteiger partial charge on any atom is 0.329 e. The molecule has 4 aliphatic rings. The second-order valence-electron chi connectivity index (χ2n) is 19.9. The van der Waals surface area contributed by atoms with Gasteiger partial charge in [0.1, 0.15) is 23.7 Å². The number of carbonyl (C=O) groups excluding carboxylic acids is 5. The minimum Gasteiger partial charge on any atom is -0.460 e. The van der Waals surface area contributed by atoms with Gasteiger partial charge in [-0.05, 0) is 107 Å². The van der Waals surface area contributed by atoms with Crippen LogP contribution in [0, 0.1) is 47.3 Å². The number of piperidine rings is 1. The van der Waals surface area contributed by atoms with E-state index >= 15 is 0 Å². The molecule has 2 saturated heterocycles. The molecule has 1 aliphatic carbocycles. The number of carbonyl (C=O) groups is 5. The molecule has 366 valence electrons. The van der Waals surface area contributed by atoms with Crippen molar-refractivity contribution >= 4 is 29.2 Å². The molecule has 2 bridgehead atoms. The lowest BCUT2D eigenvalue weighted by Crippen LogP contribution is -2.61. The van der Waals surface area contributed by atoms with E-state index in [-0.39, 0.29) is 61.2 Å². The van der Waals surface area contributed by atoms with E-state index in [4.69, 9.17) is 14.2 Å². The van der Waals surface area contributed by atoms with Gasteiger partial charge in [-0.2, -0.15) is 0 Å². The first-order valence-electron chi connectivity index (χ1n) is 24.1. The van der Waals surface area contributed by atoms with Crippen molar-refractivity contribution in [3.8, 4) is 0 Å². The van der Waals surface area contributed by atoms with Gasteiger partial charge in [-0.25, -0.2) is 4.79 Å². The monoisotopic (exact) mass is 914 g/mol. The van der Waals surface area contributed by atoms with Crippen LogP contribution in [0.5, 0.6) is 0 Å². The van der Waals surface area contributed by atoms with Crippen LogP contribution in [0.15, 0.2) is 47.6 Å². The Morgan fingerprint density at radius 3 is 2.28 bits per heavy atom. The summed E-state index contributed by atoms with van der Waals surface area (Å²) in [6.45, 7) is 11.8. The molecule has 3 fully saturated rings. The van der Waals surface area contributed by atoms with Gasteiger partial charge >= 0.3 is 5.97 Å². The second-order valence-corrected chi connectivity index (χ2v) is 19.9. The molecule has 1 saturated carbocycles. The Balaban J connectivity index is 1.70. The molecule has 0 spiro atoms. The van der Waals surface area contributed by atoms with Crippen LogP contribution in [-0.2, 0) is 38.2 Å². The SMILES string of the molecule is CO[C@@H]1C[C@@H]2CC[C@@H](C)[C@@](O)(O2)C(=O)C(=O)N2CCCC[C@H]2C(=O)OC([C@H](C)CC2CC[C@@H](O)[C@H](CO)C2)CC(=O)[C@H](C)/C=C(\C)[C@@H](O)[C@@H](CO)C(=O)[C@@H](C)C[C@H](C)/C=C/C=CC=C1C. The molecule has 3 aliphatic heterocycles. The van der Waals surface area contributed by atoms with Gasteiger partial charge in [0.15, 0.2) is 0 Å². The molecular formula is C51H79NO13. The Bertz CT molecular complexity index is 1760. The zero-order valence-corrected chi connectivity index (χ0v) is 40.1. The number of Topliss-reactive ketones (excluding diaryl/α,β-unsaturated/α-hetero) is 3. The number of esters is 1. The summed E-state index contributed by atoms with van der Waals surface area (Å²) in [4.78, 5) is 71.6. The Morgan fingerprint density at radius 2 is 1.60 bits per heavy atom. The van der Waals surface area contributed by atoms with Crippen LogP contribution in [-0.4, -0.2) is 129 Å². The minimum absolute atomic E-state index is 0.0117. The number of allylic oxidation sites excluding steroid dienone is 6. The van der Waals surface area contributed by atoms with Gasteiger partial charge in [0.2, 0.25) is 5.79 Å². The summed E-state index contributed by atoms with van der Waals surface area (Å²) >= 11 is 0. The van der Waals surface area contributed by atoms with Crippen LogP contribution < -0.4 is 0 Å². The summed E-state index contributed by atoms with van der Waals surface area (Å²) in [5, 5.41) is 54.0. The third-order valence-corrected chi connectivity index (χ3v) is 14.7. The lowest BCUT2D eigenvalue weighted by molar-refractivity contribution is -0.265. The number of aliphatic hydroxyl groups excluding tert-OH is 4. The van der Waals surface area contributed by atoms with Gasteiger partial charge in [0.05, 0.1) is 36.9 Å². The lowest BCUT2D eigenvalue weighted by Gasteiger charge is -2.42. The fourth-order valence-corrected chi connectivity index (χ4v) is 10.3. The minimum atomic E-state index is -2.44. The van der Waals surface area contributed by atoms with Crippen LogP contribution in [0.2, 0.25) is 0 Å². The number of hydrogen-bond acceptors (Lipinski definition) is 13. The Kier molecular flexibility index (Phi) is 21.0. The highest BCUT2D eigenvalue weighted by molar-refractivity contribution is 6.39. The Labute approximate surface area is 386 Å². The summed E-state index contributed by atoms with van der Waals surface area (Å²) < 4.78 is 18.2.